The molecule has 1 aromatic rings. The molecule has 0 amide bonds. The Morgan fingerprint density at radius 2 is 2.33 bits per heavy atom. The molecule has 100 valence electrons. The van der Waals surface area contributed by atoms with Crippen LogP contribution in [0.1, 0.15) is 13.3 Å². The summed E-state index contributed by atoms with van der Waals surface area (Å²) in [5.74, 6) is -0.893. The Morgan fingerprint density at radius 1 is 1.61 bits per heavy atom. The van der Waals surface area contributed by atoms with Crippen LogP contribution >= 0.6 is 15.9 Å². The Balaban J connectivity index is 2.42. The Morgan fingerprint density at radius 3 is 2.94 bits per heavy atom. The van der Waals surface area contributed by atoms with Crippen LogP contribution in [-0.2, 0) is 9.53 Å². The number of carbonyl (C=O) groups is 1. The fraction of sp³-hybridized carbons (Fsp3) is 0.417. The number of ether oxygens (including phenoxy) is 1. The number of anilines is 1. The number of hydrogen-bond donors (Lipinski definition) is 2. The number of aliphatic hydroxyl groups is 1. The zero-order chi connectivity index (χ0) is 13.5. The molecule has 0 aliphatic carbocycles. The Bertz CT molecular complexity index is 414. The number of hydrogen-bond acceptors (Lipinski definition) is 4. The summed E-state index contributed by atoms with van der Waals surface area (Å²) in [5.41, 5.74) is 0.279. The van der Waals surface area contributed by atoms with Crippen LogP contribution in [0.25, 0.3) is 0 Å². The van der Waals surface area contributed by atoms with E-state index in [-0.39, 0.29) is 25.3 Å². The third kappa shape index (κ3) is 5.01. The third-order valence-corrected chi connectivity index (χ3v) is 2.66. The molecule has 0 aliphatic heterocycles. The number of halogens is 2. The number of nitrogens with one attached hydrogen (secondary N) is 1. The summed E-state index contributed by atoms with van der Waals surface area (Å²) in [5, 5.41) is 12.3. The summed E-state index contributed by atoms with van der Waals surface area (Å²) in [6, 6.07) is 4.56. The van der Waals surface area contributed by atoms with Gasteiger partial charge in [-0.25, -0.2) is 4.39 Å². The van der Waals surface area contributed by atoms with Gasteiger partial charge in [-0.05, 0) is 25.1 Å². The standard InChI is InChI=1S/C12H15BrFNO3/c1-2-18-12(17)6-9(16)7-15-11-4-3-8(13)5-10(11)14/h3-5,9,15-16H,2,6-7H2,1H3. The van der Waals surface area contributed by atoms with E-state index in [9.17, 15) is 14.3 Å². The zero-order valence-corrected chi connectivity index (χ0v) is 11.5. The quantitative estimate of drug-likeness (QED) is 0.790. The van der Waals surface area contributed by atoms with Gasteiger partial charge in [0.15, 0.2) is 0 Å². The second-order valence-corrected chi connectivity index (χ2v) is 4.58. The average Bonchev–Trinajstić information content (AvgIpc) is 2.28. The fourth-order valence-electron chi connectivity index (χ4n) is 1.35. The van der Waals surface area contributed by atoms with Crippen molar-refractivity contribution in [3.8, 4) is 0 Å². The highest BCUT2D eigenvalue weighted by Crippen LogP contribution is 2.19. The van der Waals surface area contributed by atoms with Gasteiger partial charge < -0.3 is 15.2 Å². The highest BCUT2D eigenvalue weighted by Gasteiger charge is 2.12. The molecular weight excluding hydrogens is 305 g/mol. The van der Waals surface area contributed by atoms with E-state index >= 15 is 0 Å². The van der Waals surface area contributed by atoms with Crippen LogP contribution in [0.2, 0.25) is 0 Å². The van der Waals surface area contributed by atoms with E-state index < -0.39 is 17.9 Å². The highest BCUT2D eigenvalue weighted by atomic mass is 79.9. The SMILES string of the molecule is CCOC(=O)CC(O)CNc1ccc(Br)cc1F. The zero-order valence-electron chi connectivity index (χ0n) is 9.95. The molecule has 4 nitrogen and oxygen atoms in total. The molecule has 2 N–H and O–H groups in total. The summed E-state index contributed by atoms with van der Waals surface area (Å²) in [6.45, 7) is 2.05. The summed E-state index contributed by atoms with van der Waals surface area (Å²) >= 11 is 3.15. The minimum atomic E-state index is -0.910. The first-order chi connectivity index (χ1) is 8.52. The first kappa shape index (κ1) is 14.9. The predicted molar refractivity (Wildman–Crippen MR) is 69.8 cm³/mol. The Kier molecular flexibility index (Phi) is 6.07. The maximum Gasteiger partial charge on any atom is 0.308 e. The van der Waals surface area contributed by atoms with E-state index in [4.69, 9.17) is 4.74 Å². The molecule has 0 spiro atoms. The molecule has 6 heteroatoms. The lowest BCUT2D eigenvalue weighted by Crippen LogP contribution is -2.24. The second kappa shape index (κ2) is 7.33. The largest absolute Gasteiger partial charge is 0.466 e. The number of rotatable bonds is 6. The maximum absolute atomic E-state index is 13.4. The number of esters is 1. The van der Waals surface area contributed by atoms with E-state index in [0.29, 0.717) is 4.47 Å². The van der Waals surface area contributed by atoms with Gasteiger partial charge in [-0.15, -0.1) is 0 Å². The fourth-order valence-corrected chi connectivity index (χ4v) is 1.68. The van der Waals surface area contributed by atoms with Crippen LogP contribution in [0.5, 0.6) is 0 Å². The van der Waals surface area contributed by atoms with E-state index in [1.54, 1.807) is 19.1 Å². The first-order valence-electron chi connectivity index (χ1n) is 5.55. The highest BCUT2D eigenvalue weighted by molar-refractivity contribution is 9.10. The van der Waals surface area contributed by atoms with Crippen LogP contribution in [-0.4, -0.2) is 30.3 Å². The monoisotopic (exact) mass is 319 g/mol. The molecule has 0 radical (unpaired) electrons. The Labute approximate surface area is 113 Å². The van der Waals surface area contributed by atoms with Gasteiger partial charge in [0.05, 0.1) is 24.8 Å². The average molecular weight is 320 g/mol. The summed E-state index contributed by atoms with van der Waals surface area (Å²) in [4.78, 5) is 11.1. The lowest BCUT2D eigenvalue weighted by atomic mass is 10.2. The smallest absolute Gasteiger partial charge is 0.308 e. The molecule has 1 unspecified atom stereocenters. The van der Waals surface area contributed by atoms with Gasteiger partial charge in [0.25, 0.3) is 0 Å². The van der Waals surface area contributed by atoms with Crippen molar-refractivity contribution in [1.82, 2.24) is 0 Å². The first-order valence-corrected chi connectivity index (χ1v) is 6.34. The van der Waals surface area contributed by atoms with Gasteiger partial charge in [-0.1, -0.05) is 15.9 Å². The minimum absolute atomic E-state index is 0.0807. The predicted octanol–water partition coefficient (Wildman–Crippen LogP) is 2.31. The van der Waals surface area contributed by atoms with Crippen molar-refractivity contribution < 1.29 is 19.0 Å². The second-order valence-electron chi connectivity index (χ2n) is 3.67. The molecule has 18 heavy (non-hydrogen) atoms. The molecule has 1 atom stereocenters. The van der Waals surface area contributed by atoms with Crippen LogP contribution in [0.4, 0.5) is 10.1 Å². The molecule has 0 bridgehead atoms. The number of aliphatic hydroxyl groups excluding tert-OH is 1. The third-order valence-electron chi connectivity index (χ3n) is 2.17. The molecule has 1 rings (SSSR count). The van der Waals surface area contributed by atoms with Gasteiger partial charge in [0.1, 0.15) is 5.82 Å². The lowest BCUT2D eigenvalue weighted by Gasteiger charge is -2.12. The molecule has 0 saturated heterocycles. The van der Waals surface area contributed by atoms with Gasteiger partial charge in [-0.3, -0.25) is 4.79 Å². The minimum Gasteiger partial charge on any atom is -0.466 e. The van der Waals surface area contributed by atoms with Crippen LogP contribution in [0, 0.1) is 5.82 Å². The number of carbonyl (C=O) groups excluding carboxylic acids is 1. The van der Waals surface area contributed by atoms with Crippen molar-refractivity contribution in [2.75, 3.05) is 18.5 Å². The summed E-state index contributed by atoms with van der Waals surface area (Å²) in [7, 11) is 0. The van der Waals surface area contributed by atoms with Crippen molar-refractivity contribution in [3.63, 3.8) is 0 Å². The molecular formula is C12H15BrFNO3. The van der Waals surface area contributed by atoms with Crippen LogP contribution in [0.3, 0.4) is 0 Å². The van der Waals surface area contributed by atoms with Gasteiger partial charge in [0.2, 0.25) is 0 Å². The summed E-state index contributed by atoms with van der Waals surface area (Å²) in [6.07, 6.45) is -1.02. The number of benzene rings is 1. The van der Waals surface area contributed by atoms with Gasteiger partial charge in [-0.2, -0.15) is 0 Å². The van der Waals surface area contributed by atoms with Crippen molar-refractivity contribution in [3.05, 3.63) is 28.5 Å². The Hall–Kier alpha value is -1.14. The van der Waals surface area contributed by atoms with Crippen molar-refractivity contribution in [2.24, 2.45) is 0 Å². The van der Waals surface area contributed by atoms with Crippen molar-refractivity contribution >= 4 is 27.6 Å². The van der Waals surface area contributed by atoms with Crippen molar-refractivity contribution in [1.29, 1.82) is 0 Å². The molecule has 0 fully saturated rings. The molecule has 1 aromatic carbocycles. The van der Waals surface area contributed by atoms with Crippen molar-refractivity contribution in [2.45, 2.75) is 19.4 Å². The van der Waals surface area contributed by atoms with E-state index in [1.807, 2.05) is 0 Å². The summed E-state index contributed by atoms with van der Waals surface area (Å²) < 4.78 is 18.8. The van der Waals surface area contributed by atoms with Crippen LogP contribution in [0.15, 0.2) is 22.7 Å². The molecule has 0 saturated carbocycles. The topological polar surface area (TPSA) is 58.6 Å². The van der Waals surface area contributed by atoms with Crippen LogP contribution < -0.4 is 5.32 Å². The van der Waals surface area contributed by atoms with Gasteiger partial charge in [0, 0.05) is 11.0 Å². The molecule has 0 aliphatic rings. The lowest BCUT2D eigenvalue weighted by molar-refractivity contribution is -0.145. The van der Waals surface area contributed by atoms with E-state index in [0.717, 1.165) is 0 Å². The molecule has 0 heterocycles. The van der Waals surface area contributed by atoms with E-state index in [2.05, 4.69) is 21.2 Å². The maximum atomic E-state index is 13.4. The molecule has 0 aromatic heterocycles. The van der Waals surface area contributed by atoms with E-state index in [1.165, 1.54) is 6.07 Å². The van der Waals surface area contributed by atoms with Gasteiger partial charge >= 0.3 is 5.97 Å². The normalized spacial score (nSPS) is 12.0.